The second-order valence-corrected chi connectivity index (χ2v) is 4.66. The van der Waals surface area contributed by atoms with Crippen LogP contribution in [0, 0.1) is 6.92 Å². The number of benzene rings is 1. The Morgan fingerprint density at radius 1 is 1.50 bits per heavy atom. The molecule has 4 nitrogen and oxygen atoms in total. The summed E-state index contributed by atoms with van der Waals surface area (Å²) >= 11 is 6.02. The Labute approximate surface area is 110 Å². The number of fused-ring (bicyclic) bond motifs is 1. The number of nitrogens with zero attached hydrogens (tertiary/aromatic N) is 2. The van der Waals surface area contributed by atoms with Crippen molar-refractivity contribution in [2.45, 2.75) is 33.4 Å². The van der Waals surface area contributed by atoms with Gasteiger partial charge in [0.15, 0.2) is 11.0 Å². The number of carboxylic acid groups (broad SMARTS) is 1. The summed E-state index contributed by atoms with van der Waals surface area (Å²) in [5, 5.41) is 9.48. The predicted octanol–water partition coefficient (Wildman–Crippen LogP) is 2.39. The van der Waals surface area contributed by atoms with Crippen LogP contribution in [0.1, 0.15) is 19.2 Å². The molecule has 5 heteroatoms. The molecule has 0 fully saturated rings. The van der Waals surface area contributed by atoms with Gasteiger partial charge in [0, 0.05) is 18.0 Å². The second kappa shape index (κ2) is 4.98. The third-order valence-electron chi connectivity index (χ3n) is 3.17. The number of carboxylic acids is 1. The van der Waals surface area contributed by atoms with Gasteiger partial charge in [-0.3, -0.25) is 4.79 Å². The summed E-state index contributed by atoms with van der Waals surface area (Å²) in [6.07, 6.45) is 0.112. The zero-order valence-electron chi connectivity index (χ0n) is 10.5. The third kappa shape index (κ3) is 2.20. The van der Waals surface area contributed by atoms with Crippen LogP contribution in [0.5, 0.6) is 0 Å². The first kappa shape index (κ1) is 12.9. The van der Waals surface area contributed by atoms with Crippen LogP contribution < -0.4 is 4.57 Å². The van der Waals surface area contributed by atoms with Crippen molar-refractivity contribution < 1.29 is 14.5 Å². The molecule has 0 bridgehead atoms. The lowest BCUT2D eigenvalue weighted by atomic mass is 10.3. The van der Waals surface area contributed by atoms with E-state index in [1.54, 1.807) is 0 Å². The van der Waals surface area contributed by atoms with Gasteiger partial charge in [0.25, 0.3) is 5.82 Å². The first-order chi connectivity index (χ1) is 8.54. The van der Waals surface area contributed by atoms with E-state index in [0.29, 0.717) is 11.6 Å². The van der Waals surface area contributed by atoms with Crippen molar-refractivity contribution in [1.82, 2.24) is 4.57 Å². The van der Waals surface area contributed by atoms with Crippen LogP contribution in [0.4, 0.5) is 0 Å². The number of imidazole rings is 1. The van der Waals surface area contributed by atoms with Crippen molar-refractivity contribution in [2.75, 3.05) is 0 Å². The van der Waals surface area contributed by atoms with E-state index in [0.717, 1.165) is 23.4 Å². The van der Waals surface area contributed by atoms with E-state index in [9.17, 15) is 4.79 Å². The smallest absolute Gasteiger partial charge is 0.307 e. The largest absolute Gasteiger partial charge is 0.481 e. The molecule has 0 aliphatic rings. The average molecular weight is 268 g/mol. The first-order valence-electron chi connectivity index (χ1n) is 5.94. The number of aromatic nitrogens is 2. The molecule has 0 radical (unpaired) electrons. The zero-order chi connectivity index (χ0) is 13.3. The number of carbonyl (C=O) groups is 1. The van der Waals surface area contributed by atoms with Crippen LogP contribution in [0.2, 0.25) is 5.02 Å². The van der Waals surface area contributed by atoms with Crippen LogP contribution >= 0.6 is 11.6 Å². The Morgan fingerprint density at radius 2 is 2.22 bits per heavy atom. The fourth-order valence-corrected chi connectivity index (χ4v) is 2.49. The average Bonchev–Trinajstić information content (AvgIpc) is 2.57. The minimum Gasteiger partial charge on any atom is -0.481 e. The molecular formula is C13H16ClN2O2+. The van der Waals surface area contributed by atoms with E-state index in [-0.39, 0.29) is 6.42 Å². The highest BCUT2D eigenvalue weighted by Crippen LogP contribution is 2.19. The highest BCUT2D eigenvalue weighted by molar-refractivity contribution is 6.31. The molecule has 1 aromatic carbocycles. The number of hydrogen-bond acceptors (Lipinski definition) is 1. The van der Waals surface area contributed by atoms with Crippen molar-refractivity contribution in [3.05, 3.63) is 29.0 Å². The van der Waals surface area contributed by atoms with E-state index < -0.39 is 5.97 Å². The number of aryl methyl sites for hydroxylation is 2. The van der Waals surface area contributed by atoms with Gasteiger partial charge in [0.2, 0.25) is 0 Å². The van der Waals surface area contributed by atoms with Gasteiger partial charge >= 0.3 is 5.97 Å². The van der Waals surface area contributed by atoms with Crippen LogP contribution in [-0.4, -0.2) is 15.6 Å². The Balaban J connectivity index is 2.59. The fourth-order valence-electron chi connectivity index (χ4n) is 2.32. The lowest BCUT2D eigenvalue weighted by Crippen LogP contribution is -2.35. The summed E-state index contributed by atoms with van der Waals surface area (Å²) in [5.41, 5.74) is 2.08. The number of rotatable bonds is 4. The van der Waals surface area contributed by atoms with E-state index >= 15 is 0 Å². The van der Waals surface area contributed by atoms with Crippen molar-refractivity contribution in [2.24, 2.45) is 0 Å². The van der Waals surface area contributed by atoms with Gasteiger partial charge in [-0.25, -0.2) is 9.13 Å². The summed E-state index contributed by atoms with van der Waals surface area (Å²) in [6, 6.07) is 5.72. The van der Waals surface area contributed by atoms with Crippen LogP contribution in [0.15, 0.2) is 18.2 Å². The maximum Gasteiger partial charge on any atom is 0.307 e. The minimum absolute atomic E-state index is 0.112. The highest BCUT2D eigenvalue weighted by Gasteiger charge is 2.21. The molecule has 1 aromatic heterocycles. The highest BCUT2D eigenvalue weighted by atomic mass is 35.5. The van der Waals surface area contributed by atoms with E-state index in [1.807, 2.05) is 29.7 Å². The topological polar surface area (TPSA) is 46.1 Å². The van der Waals surface area contributed by atoms with Gasteiger partial charge in [-0.1, -0.05) is 11.6 Å². The van der Waals surface area contributed by atoms with E-state index in [2.05, 4.69) is 11.5 Å². The van der Waals surface area contributed by atoms with Gasteiger partial charge in [-0.15, -0.1) is 0 Å². The lowest BCUT2D eigenvalue weighted by Gasteiger charge is -1.98. The third-order valence-corrected chi connectivity index (χ3v) is 3.40. The molecule has 0 atom stereocenters. The monoisotopic (exact) mass is 267 g/mol. The molecule has 0 unspecified atom stereocenters. The van der Waals surface area contributed by atoms with Crippen molar-refractivity contribution in [3.8, 4) is 0 Å². The molecule has 0 spiro atoms. The molecule has 0 saturated carbocycles. The molecule has 0 saturated heterocycles. The van der Waals surface area contributed by atoms with Gasteiger partial charge in [0.05, 0.1) is 13.0 Å². The molecule has 2 rings (SSSR count). The van der Waals surface area contributed by atoms with Gasteiger partial charge in [0.1, 0.15) is 6.54 Å². The summed E-state index contributed by atoms with van der Waals surface area (Å²) in [7, 11) is 0. The zero-order valence-corrected chi connectivity index (χ0v) is 11.2. The van der Waals surface area contributed by atoms with E-state index in [1.165, 1.54) is 0 Å². The molecule has 0 aliphatic carbocycles. The summed E-state index contributed by atoms with van der Waals surface area (Å²) in [4.78, 5) is 10.7. The maximum atomic E-state index is 10.7. The Hall–Kier alpha value is -1.55. The molecule has 18 heavy (non-hydrogen) atoms. The molecule has 1 N–H and O–H groups in total. The second-order valence-electron chi connectivity index (χ2n) is 4.22. The minimum atomic E-state index is -0.790. The lowest BCUT2D eigenvalue weighted by molar-refractivity contribution is -0.674. The van der Waals surface area contributed by atoms with Crippen molar-refractivity contribution in [1.29, 1.82) is 0 Å². The molecular weight excluding hydrogens is 252 g/mol. The van der Waals surface area contributed by atoms with Crippen molar-refractivity contribution in [3.63, 3.8) is 0 Å². The standard InChI is InChI=1S/C13H15ClN2O2/c1-3-15-9(2)16(7-6-13(17)18)12-8-10(14)4-5-11(12)15/h4-5,8H,3,6-7H2,1-2H3/p+1. The van der Waals surface area contributed by atoms with Gasteiger partial charge in [-0.2, -0.15) is 0 Å². The fraction of sp³-hybridized carbons (Fsp3) is 0.385. The molecule has 2 aromatic rings. The van der Waals surface area contributed by atoms with Crippen LogP contribution in [-0.2, 0) is 17.9 Å². The predicted molar refractivity (Wildman–Crippen MR) is 69.8 cm³/mol. The van der Waals surface area contributed by atoms with Gasteiger partial charge in [-0.05, 0) is 19.1 Å². The van der Waals surface area contributed by atoms with Crippen molar-refractivity contribution >= 4 is 28.6 Å². The Morgan fingerprint density at radius 3 is 2.83 bits per heavy atom. The number of aliphatic carboxylic acids is 1. The van der Waals surface area contributed by atoms with Crippen LogP contribution in [0.25, 0.3) is 11.0 Å². The first-order valence-corrected chi connectivity index (χ1v) is 6.32. The van der Waals surface area contributed by atoms with E-state index in [4.69, 9.17) is 16.7 Å². The Bertz CT molecular complexity index is 605. The molecule has 0 amide bonds. The van der Waals surface area contributed by atoms with Gasteiger partial charge < -0.3 is 5.11 Å². The number of halogens is 1. The quantitative estimate of drug-likeness (QED) is 0.865. The summed E-state index contributed by atoms with van der Waals surface area (Å²) < 4.78 is 4.17. The molecule has 96 valence electrons. The SMILES string of the molecule is CC[n+]1c(C)n(CCC(=O)O)c2cc(Cl)ccc21. The summed E-state index contributed by atoms with van der Waals surface area (Å²) in [5.74, 6) is 0.261. The maximum absolute atomic E-state index is 10.7. The summed E-state index contributed by atoms with van der Waals surface area (Å²) in [6.45, 7) is 5.39. The molecule has 1 heterocycles. The molecule has 0 aliphatic heterocycles. The normalized spacial score (nSPS) is 11.1. The number of hydrogen-bond donors (Lipinski definition) is 1. The Kier molecular flexibility index (Phi) is 3.57. The van der Waals surface area contributed by atoms with Crippen LogP contribution in [0.3, 0.4) is 0 Å².